The molecule has 1 unspecified atom stereocenters. The van der Waals surface area contributed by atoms with E-state index in [2.05, 4.69) is 25.2 Å². The van der Waals surface area contributed by atoms with E-state index in [1.807, 2.05) is 30.8 Å². The lowest BCUT2D eigenvalue weighted by molar-refractivity contribution is -0.116. The molecule has 0 spiro atoms. The molecule has 0 bridgehead atoms. The molecule has 0 saturated heterocycles. The minimum Gasteiger partial charge on any atom is -0.490 e. The van der Waals surface area contributed by atoms with Gasteiger partial charge in [-0.2, -0.15) is 0 Å². The zero-order valence-corrected chi connectivity index (χ0v) is 15.7. The molecular formula is C20H24FNO2S. The number of carbonyl (C=O) groups excluding carboxylic acids is 1. The summed E-state index contributed by atoms with van der Waals surface area (Å²) in [4.78, 5) is 13.3. The number of amides is 1. The summed E-state index contributed by atoms with van der Waals surface area (Å²) in [5.74, 6) is -0.409. The first-order chi connectivity index (χ1) is 12.0. The molecule has 25 heavy (non-hydrogen) atoms. The highest BCUT2D eigenvalue weighted by atomic mass is 32.2. The SMILES string of the molecule is CCC(C)Sc1ccc(NC(=O)CCOc2ccccc2F)c(C)c1. The average molecular weight is 361 g/mol. The van der Waals surface area contributed by atoms with Gasteiger partial charge in [0.2, 0.25) is 5.91 Å². The molecule has 1 amide bonds. The Morgan fingerprint density at radius 2 is 2.04 bits per heavy atom. The summed E-state index contributed by atoms with van der Waals surface area (Å²) in [6.45, 7) is 6.48. The van der Waals surface area contributed by atoms with E-state index in [0.29, 0.717) is 5.25 Å². The smallest absolute Gasteiger partial charge is 0.227 e. The Balaban J connectivity index is 1.85. The van der Waals surface area contributed by atoms with Crippen molar-refractivity contribution in [1.29, 1.82) is 0 Å². The molecule has 0 aliphatic carbocycles. The maximum absolute atomic E-state index is 13.4. The minimum absolute atomic E-state index is 0.133. The molecule has 0 aliphatic heterocycles. The quantitative estimate of drug-likeness (QED) is 0.637. The lowest BCUT2D eigenvalue weighted by atomic mass is 10.2. The van der Waals surface area contributed by atoms with Gasteiger partial charge in [-0.05, 0) is 49.2 Å². The van der Waals surface area contributed by atoms with E-state index in [4.69, 9.17) is 4.74 Å². The number of carbonyl (C=O) groups is 1. The van der Waals surface area contributed by atoms with Crippen molar-refractivity contribution in [2.75, 3.05) is 11.9 Å². The Bertz CT molecular complexity index is 721. The van der Waals surface area contributed by atoms with Gasteiger partial charge in [-0.25, -0.2) is 4.39 Å². The first kappa shape index (κ1) is 19.3. The Hall–Kier alpha value is -2.01. The highest BCUT2D eigenvalue weighted by Gasteiger charge is 2.09. The van der Waals surface area contributed by atoms with Crippen LogP contribution in [0.15, 0.2) is 47.4 Å². The molecule has 2 aromatic carbocycles. The monoisotopic (exact) mass is 361 g/mol. The number of para-hydroxylation sites is 1. The van der Waals surface area contributed by atoms with Gasteiger partial charge in [-0.3, -0.25) is 4.79 Å². The largest absolute Gasteiger partial charge is 0.490 e. The van der Waals surface area contributed by atoms with Crippen molar-refractivity contribution in [3.8, 4) is 5.75 Å². The number of hydrogen-bond donors (Lipinski definition) is 1. The van der Waals surface area contributed by atoms with Crippen LogP contribution in [-0.2, 0) is 4.79 Å². The molecule has 1 N–H and O–H groups in total. The van der Waals surface area contributed by atoms with Crippen LogP contribution in [0.2, 0.25) is 0 Å². The highest BCUT2D eigenvalue weighted by molar-refractivity contribution is 7.99. The predicted octanol–water partition coefficient (Wildman–Crippen LogP) is 5.43. The molecule has 2 aromatic rings. The van der Waals surface area contributed by atoms with Crippen LogP contribution in [0.4, 0.5) is 10.1 Å². The minimum atomic E-state index is -0.423. The van der Waals surface area contributed by atoms with Crippen molar-refractivity contribution >= 4 is 23.4 Å². The molecule has 0 fully saturated rings. The van der Waals surface area contributed by atoms with Crippen LogP contribution < -0.4 is 10.1 Å². The lowest BCUT2D eigenvalue weighted by Gasteiger charge is -2.13. The zero-order chi connectivity index (χ0) is 18.2. The van der Waals surface area contributed by atoms with E-state index in [1.54, 1.807) is 18.2 Å². The molecule has 1 atom stereocenters. The van der Waals surface area contributed by atoms with Gasteiger partial charge in [-0.1, -0.05) is 26.0 Å². The second-order valence-corrected chi connectivity index (χ2v) is 7.40. The fourth-order valence-corrected chi connectivity index (χ4v) is 3.22. The van der Waals surface area contributed by atoms with Crippen LogP contribution in [0.25, 0.3) is 0 Å². The molecule has 2 rings (SSSR count). The number of aryl methyl sites for hydroxylation is 1. The van der Waals surface area contributed by atoms with Gasteiger partial charge >= 0.3 is 0 Å². The van der Waals surface area contributed by atoms with Crippen molar-refractivity contribution in [3.63, 3.8) is 0 Å². The fourth-order valence-electron chi connectivity index (χ4n) is 2.19. The summed E-state index contributed by atoms with van der Waals surface area (Å²) in [5, 5.41) is 3.45. The van der Waals surface area contributed by atoms with Crippen molar-refractivity contribution in [1.82, 2.24) is 0 Å². The Kier molecular flexibility index (Phi) is 7.31. The second-order valence-electron chi connectivity index (χ2n) is 5.89. The first-order valence-corrected chi connectivity index (χ1v) is 9.32. The van der Waals surface area contributed by atoms with E-state index in [9.17, 15) is 9.18 Å². The number of anilines is 1. The normalized spacial score (nSPS) is 11.8. The Morgan fingerprint density at radius 1 is 1.28 bits per heavy atom. The predicted molar refractivity (Wildman–Crippen MR) is 102 cm³/mol. The number of benzene rings is 2. The van der Waals surface area contributed by atoms with Gasteiger partial charge in [0, 0.05) is 15.8 Å². The van der Waals surface area contributed by atoms with Gasteiger partial charge < -0.3 is 10.1 Å². The lowest BCUT2D eigenvalue weighted by Crippen LogP contribution is -2.16. The third-order valence-corrected chi connectivity index (χ3v) is 5.07. The van der Waals surface area contributed by atoms with Crippen molar-refractivity contribution in [2.24, 2.45) is 0 Å². The Morgan fingerprint density at radius 3 is 2.72 bits per heavy atom. The van der Waals surface area contributed by atoms with E-state index in [-0.39, 0.29) is 24.7 Å². The number of ether oxygens (including phenoxy) is 1. The zero-order valence-electron chi connectivity index (χ0n) is 14.8. The maximum atomic E-state index is 13.4. The number of halogens is 1. The molecular weight excluding hydrogens is 337 g/mol. The average Bonchev–Trinajstić information content (AvgIpc) is 2.59. The molecule has 3 nitrogen and oxygen atoms in total. The molecule has 0 radical (unpaired) electrons. The molecule has 0 aliphatic rings. The summed E-state index contributed by atoms with van der Waals surface area (Å²) in [5.41, 5.74) is 1.82. The van der Waals surface area contributed by atoms with Crippen LogP contribution in [0.3, 0.4) is 0 Å². The van der Waals surface area contributed by atoms with Gasteiger partial charge in [0.15, 0.2) is 11.6 Å². The third-order valence-electron chi connectivity index (χ3n) is 3.81. The third kappa shape index (κ3) is 6.09. The maximum Gasteiger partial charge on any atom is 0.227 e. The number of thioether (sulfide) groups is 1. The van der Waals surface area contributed by atoms with E-state index >= 15 is 0 Å². The molecule has 134 valence electrons. The molecule has 0 aromatic heterocycles. The van der Waals surface area contributed by atoms with Crippen LogP contribution in [-0.4, -0.2) is 17.8 Å². The number of rotatable bonds is 8. The van der Waals surface area contributed by atoms with Gasteiger partial charge in [0.05, 0.1) is 13.0 Å². The van der Waals surface area contributed by atoms with E-state index in [0.717, 1.165) is 17.7 Å². The van der Waals surface area contributed by atoms with E-state index < -0.39 is 5.82 Å². The van der Waals surface area contributed by atoms with Crippen molar-refractivity contribution in [2.45, 2.75) is 43.8 Å². The van der Waals surface area contributed by atoms with Crippen LogP contribution in [0, 0.1) is 12.7 Å². The second kappa shape index (κ2) is 9.47. The number of nitrogens with one attached hydrogen (secondary N) is 1. The topological polar surface area (TPSA) is 38.3 Å². The fraction of sp³-hybridized carbons (Fsp3) is 0.350. The van der Waals surface area contributed by atoms with Gasteiger partial charge in [0.25, 0.3) is 0 Å². The van der Waals surface area contributed by atoms with Crippen molar-refractivity contribution < 1.29 is 13.9 Å². The summed E-state index contributed by atoms with van der Waals surface area (Å²) >= 11 is 1.83. The summed E-state index contributed by atoms with van der Waals surface area (Å²) in [6, 6.07) is 12.2. The molecule has 0 heterocycles. The number of hydrogen-bond acceptors (Lipinski definition) is 3. The highest BCUT2D eigenvalue weighted by Crippen LogP contribution is 2.28. The van der Waals surface area contributed by atoms with Crippen LogP contribution in [0.5, 0.6) is 5.75 Å². The summed E-state index contributed by atoms with van der Waals surface area (Å²) in [6.07, 6.45) is 1.28. The molecule has 0 saturated carbocycles. The van der Waals surface area contributed by atoms with Crippen molar-refractivity contribution in [3.05, 3.63) is 53.8 Å². The van der Waals surface area contributed by atoms with E-state index in [1.165, 1.54) is 11.0 Å². The summed E-state index contributed by atoms with van der Waals surface area (Å²) < 4.78 is 18.8. The first-order valence-electron chi connectivity index (χ1n) is 8.44. The standard InChI is InChI=1S/C20H24FNO2S/c1-4-15(3)25-16-9-10-18(14(2)13-16)22-20(23)11-12-24-19-8-6-5-7-17(19)21/h5-10,13,15H,4,11-12H2,1-3H3,(H,22,23). The van der Waals surface area contributed by atoms with Gasteiger partial charge in [-0.15, -0.1) is 11.8 Å². The van der Waals surface area contributed by atoms with Gasteiger partial charge in [0.1, 0.15) is 0 Å². The summed E-state index contributed by atoms with van der Waals surface area (Å²) in [7, 11) is 0. The Labute approximate surface area is 153 Å². The molecule has 5 heteroatoms. The van der Waals surface area contributed by atoms with Crippen LogP contribution in [0.1, 0.15) is 32.3 Å². The van der Waals surface area contributed by atoms with Crippen LogP contribution >= 0.6 is 11.8 Å².